The summed E-state index contributed by atoms with van der Waals surface area (Å²) >= 11 is 1.16. The first kappa shape index (κ1) is 17.8. The quantitative estimate of drug-likeness (QED) is 0.376. The molecule has 6 nitrogen and oxygen atoms in total. The van der Waals surface area contributed by atoms with Crippen molar-refractivity contribution in [3.8, 4) is 6.19 Å². The number of anilines is 1. The molecule has 0 atom stereocenters. The number of ether oxygens (including phenoxy) is 1. The van der Waals surface area contributed by atoms with Gasteiger partial charge in [0.15, 0.2) is 11.4 Å². The highest BCUT2D eigenvalue weighted by Gasteiger charge is 2.16. The predicted molar refractivity (Wildman–Crippen MR) is 85.6 cm³/mol. The summed E-state index contributed by atoms with van der Waals surface area (Å²) in [5, 5.41) is 13.7. The lowest BCUT2D eigenvalue weighted by atomic mass is 10.2. The van der Waals surface area contributed by atoms with Crippen molar-refractivity contribution in [1.82, 2.24) is 5.32 Å². The van der Waals surface area contributed by atoms with Crippen molar-refractivity contribution >= 4 is 34.4 Å². The molecule has 0 saturated carbocycles. The van der Waals surface area contributed by atoms with Gasteiger partial charge in [0.25, 0.3) is 0 Å². The number of rotatable bonds is 2. The van der Waals surface area contributed by atoms with Crippen LogP contribution in [0.4, 0.5) is 20.6 Å². The Bertz CT molecular complexity index is 620. The topological polar surface area (TPSA) is 86.5 Å². The van der Waals surface area contributed by atoms with Crippen LogP contribution in [0.2, 0.25) is 0 Å². The van der Waals surface area contributed by atoms with E-state index in [0.29, 0.717) is 5.69 Å². The maximum absolute atomic E-state index is 13.7. The van der Waals surface area contributed by atoms with E-state index in [-0.39, 0.29) is 10.9 Å². The Hall–Kier alpha value is -2.27. The molecule has 22 heavy (non-hydrogen) atoms. The number of thioether (sulfide) groups is 1. The zero-order chi connectivity index (χ0) is 16.8. The zero-order valence-electron chi connectivity index (χ0n) is 12.7. The van der Waals surface area contributed by atoms with Crippen molar-refractivity contribution in [1.29, 1.82) is 5.26 Å². The first-order chi connectivity index (χ1) is 10.2. The fraction of sp³-hybridized carbons (Fsp3) is 0.357. The van der Waals surface area contributed by atoms with E-state index in [2.05, 4.69) is 15.6 Å². The molecule has 0 bridgehead atoms. The van der Waals surface area contributed by atoms with E-state index in [1.165, 1.54) is 18.2 Å². The maximum atomic E-state index is 13.7. The monoisotopic (exact) mass is 324 g/mol. The Morgan fingerprint density at radius 1 is 1.45 bits per heavy atom. The van der Waals surface area contributed by atoms with Crippen molar-refractivity contribution < 1.29 is 13.9 Å². The second kappa shape index (κ2) is 7.66. The van der Waals surface area contributed by atoms with Crippen LogP contribution in [0.1, 0.15) is 20.8 Å². The average Bonchev–Trinajstić information content (AvgIpc) is 2.39. The van der Waals surface area contributed by atoms with Crippen LogP contribution in [0.5, 0.6) is 0 Å². The van der Waals surface area contributed by atoms with Gasteiger partial charge in [-0.1, -0.05) is 11.8 Å². The molecule has 0 radical (unpaired) electrons. The number of hydrogen-bond donors (Lipinski definition) is 2. The lowest BCUT2D eigenvalue weighted by Gasteiger charge is -2.19. The van der Waals surface area contributed by atoms with E-state index in [1.807, 2.05) is 0 Å². The SMILES string of the molecule is CSC(=Nc1cc(NC(=O)OC(C)(C)C)ccc1F)NC#N. The molecule has 0 aliphatic heterocycles. The van der Waals surface area contributed by atoms with Crippen molar-refractivity contribution in [2.24, 2.45) is 4.99 Å². The van der Waals surface area contributed by atoms with Gasteiger partial charge in [-0.2, -0.15) is 5.26 Å². The molecule has 1 aromatic carbocycles. The Balaban J connectivity index is 2.95. The smallest absolute Gasteiger partial charge is 0.412 e. The molecule has 0 aliphatic carbocycles. The van der Waals surface area contributed by atoms with Crippen LogP contribution in [0.25, 0.3) is 0 Å². The molecule has 0 spiro atoms. The minimum absolute atomic E-state index is 0.000610. The Morgan fingerprint density at radius 2 is 2.14 bits per heavy atom. The zero-order valence-corrected chi connectivity index (χ0v) is 13.5. The molecule has 1 rings (SSSR count). The number of carbonyl (C=O) groups is 1. The van der Waals surface area contributed by atoms with Gasteiger partial charge in [-0.25, -0.2) is 14.2 Å². The molecule has 2 N–H and O–H groups in total. The summed E-state index contributed by atoms with van der Waals surface area (Å²) in [5.41, 5.74) is -0.291. The van der Waals surface area contributed by atoms with Gasteiger partial charge >= 0.3 is 6.09 Å². The molecular weight excluding hydrogens is 307 g/mol. The number of amidine groups is 1. The third kappa shape index (κ3) is 6.01. The van der Waals surface area contributed by atoms with E-state index in [9.17, 15) is 9.18 Å². The number of nitriles is 1. The first-order valence-electron chi connectivity index (χ1n) is 6.32. The fourth-order valence-electron chi connectivity index (χ4n) is 1.38. The molecule has 1 amide bonds. The molecule has 0 aliphatic rings. The van der Waals surface area contributed by atoms with E-state index >= 15 is 0 Å². The summed E-state index contributed by atoms with van der Waals surface area (Å²) in [4.78, 5) is 15.7. The minimum atomic E-state index is -0.644. The number of aliphatic imine (C=N–C) groups is 1. The van der Waals surface area contributed by atoms with E-state index in [4.69, 9.17) is 10.00 Å². The van der Waals surface area contributed by atoms with E-state index in [0.717, 1.165) is 11.8 Å². The summed E-state index contributed by atoms with van der Waals surface area (Å²) in [6, 6.07) is 3.93. The third-order valence-corrected chi connectivity index (χ3v) is 2.75. The highest BCUT2D eigenvalue weighted by molar-refractivity contribution is 8.13. The van der Waals surface area contributed by atoms with Gasteiger partial charge in [0, 0.05) is 5.69 Å². The first-order valence-corrected chi connectivity index (χ1v) is 7.55. The molecule has 118 valence electrons. The second-order valence-electron chi connectivity index (χ2n) is 5.15. The maximum Gasteiger partial charge on any atom is 0.412 e. The van der Waals surface area contributed by atoms with Gasteiger partial charge in [-0.3, -0.25) is 10.6 Å². The molecule has 0 heterocycles. The van der Waals surface area contributed by atoms with Crippen LogP contribution in [-0.4, -0.2) is 23.1 Å². The molecule has 0 unspecified atom stereocenters. The molecule has 0 aromatic heterocycles. The largest absolute Gasteiger partial charge is 0.444 e. The number of halogens is 1. The van der Waals surface area contributed by atoms with Crippen molar-refractivity contribution in [2.75, 3.05) is 11.6 Å². The van der Waals surface area contributed by atoms with Crippen LogP contribution < -0.4 is 10.6 Å². The molecule has 1 aromatic rings. The lowest BCUT2D eigenvalue weighted by molar-refractivity contribution is 0.0636. The Labute approximate surface area is 132 Å². The van der Waals surface area contributed by atoms with Crippen LogP contribution >= 0.6 is 11.8 Å². The summed E-state index contributed by atoms with van der Waals surface area (Å²) in [6.07, 6.45) is 2.77. The number of benzene rings is 1. The summed E-state index contributed by atoms with van der Waals surface area (Å²) < 4.78 is 18.9. The summed E-state index contributed by atoms with van der Waals surface area (Å²) in [7, 11) is 0. The van der Waals surface area contributed by atoms with E-state index < -0.39 is 17.5 Å². The third-order valence-electron chi connectivity index (χ3n) is 2.17. The van der Waals surface area contributed by atoms with Crippen LogP contribution in [0.3, 0.4) is 0 Å². The number of carbonyl (C=O) groups excluding carboxylic acids is 1. The number of nitrogens with zero attached hydrogens (tertiary/aromatic N) is 2. The molecule has 0 saturated heterocycles. The Kier molecular flexibility index (Phi) is 6.19. The second-order valence-corrected chi connectivity index (χ2v) is 5.95. The van der Waals surface area contributed by atoms with Crippen LogP contribution in [-0.2, 0) is 4.74 Å². The van der Waals surface area contributed by atoms with Crippen molar-refractivity contribution in [3.05, 3.63) is 24.0 Å². The lowest BCUT2D eigenvalue weighted by Crippen LogP contribution is -2.27. The van der Waals surface area contributed by atoms with Crippen molar-refractivity contribution in [3.63, 3.8) is 0 Å². The minimum Gasteiger partial charge on any atom is -0.444 e. The summed E-state index contributed by atoms with van der Waals surface area (Å²) in [5.74, 6) is -0.568. The number of hydrogen-bond acceptors (Lipinski definition) is 5. The van der Waals surface area contributed by atoms with Gasteiger partial charge in [0.2, 0.25) is 0 Å². The fourth-order valence-corrected chi connectivity index (χ4v) is 1.72. The van der Waals surface area contributed by atoms with Gasteiger partial charge < -0.3 is 4.74 Å². The van der Waals surface area contributed by atoms with Crippen LogP contribution in [0, 0.1) is 17.3 Å². The molecular formula is C14H17FN4O2S. The highest BCUT2D eigenvalue weighted by atomic mass is 32.2. The molecule has 0 fully saturated rings. The van der Waals surface area contributed by atoms with Gasteiger partial charge in [-0.05, 0) is 45.2 Å². The Morgan fingerprint density at radius 3 is 2.68 bits per heavy atom. The van der Waals surface area contributed by atoms with Gasteiger partial charge in [0.1, 0.15) is 17.1 Å². The molecule has 8 heteroatoms. The standard InChI is InChI=1S/C14H17FN4O2S/c1-14(2,3)21-13(20)18-9-5-6-10(15)11(7-9)19-12(22-4)17-8-16/h5-7H,1-4H3,(H,17,19)(H,18,20). The summed E-state index contributed by atoms with van der Waals surface area (Å²) in [6.45, 7) is 5.22. The normalized spacial score (nSPS) is 11.5. The highest BCUT2D eigenvalue weighted by Crippen LogP contribution is 2.24. The van der Waals surface area contributed by atoms with Gasteiger partial charge in [0.05, 0.1) is 0 Å². The number of amides is 1. The van der Waals surface area contributed by atoms with Crippen molar-refractivity contribution in [2.45, 2.75) is 26.4 Å². The average molecular weight is 324 g/mol. The van der Waals surface area contributed by atoms with E-state index in [1.54, 1.807) is 33.2 Å². The van der Waals surface area contributed by atoms with Gasteiger partial charge in [-0.15, -0.1) is 0 Å². The van der Waals surface area contributed by atoms with Crippen LogP contribution in [0.15, 0.2) is 23.2 Å². The number of nitrogens with one attached hydrogen (secondary N) is 2. The predicted octanol–water partition coefficient (Wildman–Crippen LogP) is 3.59.